The molecule has 1 aliphatic rings. The Kier molecular flexibility index (Phi) is 4.43. The quantitative estimate of drug-likeness (QED) is 0.860. The van der Waals surface area contributed by atoms with Crippen LogP contribution in [0.4, 0.5) is 0 Å². The molecule has 2 aromatic rings. The Hall–Kier alpha value is -1.26. The van der Waals surface area contributed by atoms with Crippen molar-refractivity contribution < 1.29 is 0 Å². The summed E-state index contributed by atoms with van der Waals surface area (Å²) in [5.74, 6) is 0. The molecule has 20 heavy (non-hydrogen) atoms. The van der Waals surface area contributed by atoms with Crippen molar-refractivity contribution in [2.45, 2.75) is 38.6 Å². The van der Waals surface area contributed by atoms with Gasteiger partial charge in [0.2, 0.25) is 0 Å². The van der Waals surface area contributed by atoms with Gasteiger partial charge in [0.15, 0.2) is 0 Å². The molecule has 0 saturated carbocycles. The molecule has 1 atom stereocenters. The molecule has 1 saturated heterocycles. The van der Waals surface area contributed by atoms with Gasteiger partial charge in [0.25, 0.3) is 0 Å². The summed E-state index contributed by atoms with van der Waals surface area (Å²) in [5, 5.41) is 3.36. The van der Waals surface area contributed by atoms with Crippen molar-refractivity contribution in [2.75, 3.05) is 13.1 Å². The predicted molar refractivity (Wildman–Crippen MR) is 83.0 cm³/mol. The highest BCUT2D eigenvalue weighted by Crippen LogP contribution is 2.29. The monoisotopic (exact) mass is 287 g/mol. The van der Waals surface area contributed by atoms with E-state index in [2.05, 4.69) is 39.3 Å². The van der Waals surface area contributed by atoms with Gasteiger partial charge in [-0.05, 0) is 38.4 Å². The van der Waals surface area contributed by atoms with E-state index in [1.54, 1.807) is 11.3 Å². The van der Waals surface area contributed by atoms with Gasteiger partial charge in [-0.25, -0.2) is 4.98 Å². The number of aryl methyl sites for hydroxylation is 1. The third-order valence-electron chi connectivity index (χ3n) is 3.96. The first-order chi connectivity index (χ1) is 9.83. The molecule has 3 nitrogen and oxygen atoms in total. The number of aromatic nitrogens is 2. The molecular formula is C16H21N3S. The Morgan fingerprint density at radius 1 is 1.35 bits per heavy atom. The van der Waals surface area contributed by atoms with Crippen LogP contribution in [0.2, 0.25) is 0 Å². The molecule has 0 aliphatic carbocycles. The Morgan fingerprint density at radius 2 is 2.30 bits per heavy atom. The number of nitrogens with zero attached hydrogens (tertiary/aromatic N) is 3. The molecule has 1 fully saturated rings. The molecule has 4 heteroatoms. The third kappa shape index (κ3) is 3.25. The van der Waals surface area contributed by atoms with Crippen LogP contribution in [-0.2, 0) is 6.42 Å². The van der Waals surface area contributed by atoms with Gasteiger partial charge >= 0.3 is 0 Å². The van der Waals surface area contributed by atoms with E-state index in [0.717, 1.165) is 13.0 Å². The van der Waals surface area contributed by atoms with Gasteiger partial charge in [-0.3, -0.25) is 9.88 Å². The summed E-state index contributed by atoms with van der Waals surface area (Å²) in [6, 6.07) is 6.74. The molecule has 3 rings (SSSR count). The molecular weight excluding hydrogens is 266 g/mol. The highest BCUT2D eigenvalue weighted by molar-refractivity contribution is 7.09. The van der Waals surface area contributed by atoms with Crippen molar-refractivity contribution in [2.24, 2.45) is 0 Å². The summed E-state index contributed by atoms with van der Waals surface area (Å²) in [7, 11) is 0. The number of thiazole rings is 1. The number of pyridine rings is 1. The average Bonchev–Trinajstić information content (AvgIpc) is 2.92. The first-order valence-corrected chi connectivity index (χ1v) is 8.27. The van der Waals surface area contributed by atoms with Gasteiger partial charge < -0.3 is 0 Å². The maximum atomic E-state index is 4.57. The summed E-state index contributed by atoms with van der Waals surface area (Å²) in [4.78, 5) is 11.7. The number of rotatable bonds is 4. The molecule has 0 bridgehead atoms. The fourth-order valence-electron chi connectivity index (χ4n) is 2.95. The summed E-state index contributed by atoms with van der Waals surface area (Å²) in [6.07, 6.45) is 6.81. The predicted octanol–water partition coefficient (Wildman–Crippen LogP) is 3.62. The van der Waals surface area contributed by atoms with Gasteiger partial charge in [-0.1, -0.05) is 12.5 Å². The van der Waals surface area contributed by atoms with Crippen LogP contribution in [0.3, 0.4) is 0 Å². The zero-order valence-electron chi connectivity index (χ0n) is 12.0. The normalized spacial score (nSPS) is 20.1. The van der Waals surface area contributed by atoms with Crippen LogP contribution in [0.5, 0.6) is 0 Å². The van der Waals surface area contributed by atoms with E-state index in [-0.39, 0.29) is 0 Å². The van der Waals surface area contributed by atoms with E-state index in [1.165, 1.54) is 42.2 Å². The lowest BCUT2D eigenvalue weighted by Gasteiger charge is -2.35. The topological polar surface area (TPSA) is 29.0 Å². The van der Waals surface area contributed by atoms with E-state index in [9.17, 15) is 0 Å². The number of hydrogen-bond donors (Lipinski definition) is 0. The van der Waals surface area contributed by atoms with Crippen LogP contribution >= 0.6 is 11.3 Å². The first kappa shape index (κ1) is 13.7. The second kappa shape index (κ2) is 6.46. The molecule has 3 heterocycles. The lowest BCUT2D eigenvalue weighted by molar-refractivity contribution is 0.147. The number of hydrogen-bond acceptors (Lipinski definition) is 4. The van der Waals surface area contributed by atoms with Crippen molar-refractivity contribution in [3.63, 3.8) is 0 Å². The summed E-state index contributed by atoms with van der Waals surface area (Å²) in [6.45, 7) is 4.35. The summed E-state index contributed by atoms with van der Waals surface area (Å²) < 4.78 is 0. The van der Waals surface area contributed by atoms with Gasteiger partial charge in [0.1, 0.15) is 0 Å². The highest BCUT2D eigenvalue weighted by atomic mass is 32.1. The fraction of sp³-hybridized carbons (Fsp3) is 0.500. The van der Waals surface area contributed by atoms with Gasteiger partial charge in [0.05, 0.1) is 22.4 Å². The molecule has 2 aromatic heterocycles. The SMILES string of the molecule is Cc1nc(CCN2CCCC[C@H]2c2ccccn2)cs1. The van der Waals surface area contributed by atoms with Gasteiger partial charge in [-0.15, -0.1) is 11.3 Å². The van der Waals surface area contributed by atoms with Crippen molar-refractivity contribution in [3.8, 4) is 0 Å². The van der Waals surface area contributed by atoms with Crippen molar-refractivity contribution >= 4 is 11.3 Å². The molecule has 106 valence electrons. The highest BCUT2D eigenvalue weighted by Gasteiger charge is 2.24. The first-order valence-electron chi connectivity index (χ1n) is 7.39. The second-order valence-corrected chi connectivity index (χ2v) is 6.47. The Bertz CT molecular complexity index is 538. The molecule has 0 N–H and O–H groups in total. The third-order valence-corrected chi connectivity index (χ3v) is 4.79. The zero-order valence-corrected chi connectivity index (χ0v) is 12.8. The van der Waals surface area contributed by atoms with Crippen LogP contribution in [0, 0.1) is 6.92 Å². The Labute approximate surface area is 124 Å². The van der Waals surface area contributed by atoms with E-state index in [1.807, 2.05) is 12.3 Å². The van der Waals surface area contributed by atoms with Crippen molar-refractivity contribution in [3.05, 3.63) is 46.2 Å². The molecule has 0 radical (unpaired) electrons. The smallest absolute Gasteiger partial charge is 0.0897 e. The lowest BCUT2D eigenvalue weighted by atomic mass is 9.98. The van der Waals surface area contributed by atoms with Crippen LogP contribution < -0.4 is 0 Å². The van der Waals surface area contributed by atoms with Gasteiger partial charge in [0, 0.05) is 24.5 Å². The minimum Gasteiger partial charge on any atom is -0.294 e. The minimum atomic E-state index is 0.490. The van der Waals surface area contributed by atoms with Crippen LogP contribution in [0.25, 0.3) is 0 Å². The van der Waals surface area contributed by atoms with Crippen molar-refractivity contribution in [1.82, 2.24) is 14.9 Å². The maximum Gasteiger partial charge on any atom is 0.0897 e. The van der Waals surface area contributed by atoms with Crippen LogP contribution in [0.1, 0.15) is 41.7 Å². The van der Waals surface area contributed by atoms with E-state index < -0.39 is 0 Å². The van der Waals surface area contributed by atoms with E-state index in [0.29, 0.717) is 6.04 Å². The largest absolute Gasteiger partial charge is 0.294 e. The summed E-state index contributed by atoms with van der Waals surface area (Å²) >= 11 is 1.75. The Balaban J connectivity index is 1.66. The van der Waals surface area contributed by atoms with Crippen molar-refractivity contribution in [1.29, 1.82) is 0 Å². The number of piperidine rings is 1. The summed E-state index contributed by atoms with van der Waals surface area (Å²) in [5.41, 5.74) is 2.46. The molecule has 0 amide bonds. The van der Waals surface area contributed by atoms with Gasteiger partial charge in [-0.2, -0.15) is 0 Å². The molecule has 1 aliphatic heterocycles. The lowest BCUT2D eigenvalue weighted by Crippen LogP contribution is -2.35. The van der Waals surface area contributed by atoms with Crippen LogP contribution in [-0.4, -0.2) is 28.0 Å². The fourth-order valence-corrected chi connectivity index (χ4v) is 3.59. The Morgan fingerprint density at radius 3 is 3.05 bits per heavy atom. The minimum absolute atomic E-state index is 0.490. The number of likely N-dealkylation sites (tertiary alicyclic amines) is 1. The maximum absolute atomic E-state index is 4.57. The molecule has 0 aromatic carbocycles. The van der Waals surface area contributed by atoms with Crippen LogP contribution in [0.15, 0.2) is 29.8 Å². The molecule has 0 unspecified atom stereocenters. The zero-order chi connectivity index (χ0) is 13.8. The van der Waals surface area contributed by atoms with E-state index >= 15 is 0 Å². The average molecular weight is 287 g/mol. The molecule has 0 spiro atoms. The standard InChI is InChI=1S/C16H21N3S/c1-13-18-14(12-20-13)8-11-19-10-5-3-7-16(19)15-6-2-4-9-17-15/h2,4,6,9,12,16H,3,5,7-8,10-11H2,1H3/t16-/m0/s1. The van der Waals surface area contributed by atoms with E-state index in [4.69, 9.17) is 0 Å². The second-order valence-electron chi connectivity index (χ2n) is 5.41.